The van der Waals surface area contributed by atoms with Gasteiger partial charge < -0.3 is 5.32 Å². The van der Waals surface area contributed by atoms with Crippen LogP contribution in [-0.4, -0.2) is 18.0 Å². The normalized spacial score (nSPS) is 26.9. The predicted octanol–water partition coefficient (Wildman–Crippen LogP) is 2.96. The van der Waals surface area contributed by atoms with Gasteiger partial charge in [0.1, 0.15) is 0 Å². The molecule has 1 saturated heterocycles. The van der Waals surface area contributed by atoms with Crippen molar-refractivity contribution in [2.75, 3.05) is 4.90 Å². The van der Waals surface area contributed by atoms with Crippen LogP contribution < -0.4 is 10.2 Å². The molecule has 0 unspecified atom stereocenters. The predicted molar refractivity (Wildman–Crippen MR) is 73.2 cm³/mol. The monoisotopic (exact) mass is 278 g/mol. The van der Waals surface area contributed by atoms with E-state index in [1.165, 1.54) is 4.90 Å². The summed E-state index contributed by atoms with van der Waals surface area (Å²) >= 11 is 5.83. The topological polar surface area (TPSA) is 49.4 Å². The second-order valence-corrected chi connectivity index (χ2v) is 5.53. The number of benzene rings is 1. The van der Waals surface area contributed by atoms with Crippen LogP contribution >= 0.6 is 11.6 Å². The fourth-order valence-corrected chi connectivity index (χ4v) is 3.05. The number of hydrogen-bond donors (Lipinski definition) is 1. The molecule has 1 N–H and O–H groups in total. The van der Waals surface area contributed by atoms with Crippen molar-refractivity contribution < 1.29 is 9.59 Å². The number of nitrogens with one attached hydrogen (secondary N) is 1. The first-order chi connectivity index (χ1) is 9.16. The molecule has 1 aromatic carbocycles. The van der Waals surface area contributed by atoms with E-state index in [-0.39, 0.29) is 23.9 Å². The summed E-state index contributed by atoms with van der Waals surface area (Å²) in [4.78, 5) is 25.8. The van der Waals surface area contributed by atoms with Crippen molar-refractivity contribution in [3.8, 4) is 0 Å². The van der Waals surface area contributed by atoms with E-state index < -0.39 is 0 Å². The van der Waals surface area contributed by atoms with Gasteiger partial charge in [-0.25, -0.2) is 9.69 Å². The van der Waals surface area contributed by atoms with Gasteiger partial charge in [0.25, 0.3) is 0 Å². The highest BCUT2D eigenvalue weighted by atomic mass is 35.5. The van der Waals surface area contributed by atoms with E-state index in [1.54, 1.807) is 24.3 Å². The molecule has 0 aromatic heterocycles. The molecule has 2 atom stereocenters. The van der Waals surface area contributed by atoms with Crippen LogP contribution in [0.2, 0.25) is 5.02 Å². The Kier molecular flexibility index (Phi) is 3.19. The van der Waals surface area contributed by atoms with E-state index in [0.717, 1.165) is 25.7 Å². The largest absolute Gasteiger partial charge is 0.334 e. The summed E-state index contributed by atoms with van der Waals surface area (Å²) < 4.78 is 0. The summed E-state index contributed by atoms with van der Waals surface area (Å²) in [7, 11) is 0. The maximum absolute atomic E-state index is 12.5. The highest BCUT2D eigenvalue weighted by molar-refractivity contribution is 6.30. The average Bonchev–Trinajstić information content (AvgIpc) is 2.41. The molecule has 2 fully saturated rings. The quantitative estimate of drug-likeness (QED) is 0.859. The number of urea groups is 1. The Morgan fingerprint density at radius 2 is 1.79 bits per heavy atom. The number of amides is 3. The van der Waals surface area contributed by atoms with Gasteiger partial charge in [-0.2, -0.15) is 0 Å². The molecule has 1 aliphatic carbocycles. The number of anilines is 1. The van der Waals surface area contributed by atoms with E-state index in [1.807, 2.05) is 0 Å². The van der Waals surface area contributed by atoms with E-state index in [4.69, 9.17) is 11.6 Å². The zero-order chi connectivity index (χ0) is 13.4. The summed E-state index contributed by atoms with van der Waals surface area (Å²) in [5.41, 5.74) is 0.580. The Bertz CT molecular complexity index is 515. The van der Waals surface area contributed by atoms with Crippen LogP contribution in [0.5, 0.6) is 0 Å². The lowest BCUT2D eigenvalue weighted by atomic mass is 9.82. The SMILES string of the molecule is O=C1N[C@@H]2CCCC[C@@H]2C(=O)N1c1ccc(Cl)cc1. The molecule has 1 saturated carbocycles. The Morgan fingerprint density at radius 1 is 1.11 bits per heavy atom. The summed E-state index contributed by atoms with van der Waals surface area (Å²) in [6.07, 6.45) is 3.89. The molecule has 3 rings (SSSR count). The van der Waals surface area contributed by atoms with Gasteiger partial charge in [0.2, 0.25) is 5.91 Å². The van der Waals surface area contributed by atoms with Crippen molar-refractivity contribution >= 4 is 29.2 Å². The van der Waals surface area contributed by atoms with Crippen LogP contribution in [0.3, 0.4) is 0 Å². The molecule has 1 aromatic rings. The minimum absolute atomic E-state index is 0.0114. The van der Waals surface area contributed by atoms with Crippen molar-refractivity contribution in [2.24, 2.45) is 5.92 Å². The van der Waals surface area contributed by atoms with Gasteiger partial charge in [-0.15, -0.1) is 0 Å². The highest BCUT2D eigenvalue weighted by Gasteiger charge is 2.42. The molecule has 3 amide bonds. The number of hydrogen-bond acceptors (Lipinski definition) is 2. The minimum Gasteiger partial charge on any atom is -0.334 e. The third kappa shape index (κ3) is 2.21. The maximum Gasteiger partial charge on any atom is 0.328 e. The van der Waals surface area contributed by atoms with E-state index >= 15 is 0 Å². The standard InChI is InChI=1S/C14H15ClN2O2/c15-9-5-7-10(8-6-9)17-13(18)11-3-1-2-4-12(11)16-14(17)19/h5-8,11-12H,1-4H2,(H,16,19)/t11-,12+/m0/s1. The van der Waals surface area contributed by atoms with Crippen LogP contribution in [0.15, 0.2) is 24.3 Å². The van der Waals surface area contributed by atoms with Crippen molar-refractivity contribution in [1.82, 2.24) is 5.32 Å². The smallest absolute Gasteiger partial charge is 0.328 e. The van der Waals surface area contributed by atoms with E-state index in [2.05, 4.69) is 5.32 Å². The summed E-state index contributed by atoms with van der Waals surface area (Å²) in [5, 5.41) is 3.53. The van der Waals surface area contributed by atoms with Crippen molar-refractivity contribution in [1.29, 1.82) is 0 Å². The molecule has 5 heteroatoms. The van der Waals surface area contributed by atoms with Gasteiger partial charge in [-0.05, 0) is 37.1 Å². The molecule has 4 nitrogen and oxygen atoms in total. The van der Waals surface area contributed by atoms with Crippen LogP contribution in [0.1, 0.15) is 25.7 Å². The molecule has 2 aliphatic rings. The Balaban J connectivity index is 1.90. The summed E-state index contributed by atoms with van der Waals surface area (Å²) in [6, 6.07) is 6.45. The van der Waals surface area contributed by atoms with Crippen LogP contribution in [0.25, 0.3) is 0 Å². The second-order valence-electron chi connectivity index (χ2n) is 5.10. The first kappa shape index (κ1) is 12.5. The summed E-state index contributed by atoms with van der Waals surface area (Å²) in [6.45, 7) is 0. The van der Waals surface area contributed by atoms with E-state index in [9.17, 15) is 9.59 Å². The van der Waals surface area contributed by atoms with Crippen molar-refractivity contribution in [3.63, 3.8) is 0 Å². The van der Waals surface area contributed by atoms with Gasteiger partial charge >= 0.3 is 6.03 Å². The third-order valence-corrected chi connectivity index (χ3v) is 4.15. The van der Waals surface area contributed by atoms with Crippen LogP contribution in [0, 0.1) is 5.92 Å². The lowest BCUT2D eigenvalue weighted by molar-refractivity contribution is -0.124. The van der Waals surface area contributed by atoms with Crippen molar-refractivity contribution in [3.05, 3.63) is 29.3 Å². The molecular weight excluding hydrogens is 264 g/mol. The molecule has 1 heterocycles. The van der Waals surface area contributed by atoms with E-state index in [0.29, 0.717) is 10.7 Å². The van der Waals surface area contributed by atoms with Gasteiger partial charge in [-0.3, -0.25) is 4.79 Å². The van der Waals surface area contributed by atoms with Crippen molar-refractivity contribution in [2.45, 2.75) is 31.7 Å². The highest BCUT2D eigenvalue weighted by Crippen LogP contribution is 2.31. The zero-order valence-corrected chi connectivity index (χ0v) is 11.2. The number of rotatable bonds is 1. The number of fused-ring (bicyclic) bond motifs is 1. The minimum atomic E-state index is -0.324. The summed E-state index contributed by atoms with van der Waals surface area (Å²) in [5.74, 6) is -0.169. The fourth-order valence-electron chi connectivity index (χ4n) is 2.92. The lowest BCUT2D eigenvalue weighted by Crippen LogP contribution is -2.61. The van der Waals surface area contributed by atoms with Crippen LogP contribution in [0.4, 0.5) is 10.5 Å². The molecule has 100 valence electrons. The van der Waals surface area contributed by atoms with Gasteiger partial charge in [0.15, 0.2) is 0 Å². The third-order valence-electron chi connectivity index (χ3n) is 3.90. The molecule has 1 aliphatic heterocycles. The zero-order valence-electron chi connectivity index (χ0n) is 10.4. The Hall–Kier alpha value is -1.55. The lowest BCUT2D eigenvalue weighted by Gasteiger charge is -2.39. The first-order valence-corrected chi connectivity index (χ1v) is 6.94. The number of imide groups is 1. The second kappa shape index (κ2) is 4.85. The van der Waals surface area contributed by atoms with Crippen LogP contribution in [-0.2, 0) is 4.79 Å². The fraction of sp³-hybridized carbons (Fsp3) is 0.429. The number of nitrogens with zero attached hydrogens (tertiary/aromatic N) is 1. The van der Waals surface area contributed by atoms with Gasteiger partial charge in [0, 0.05) is 11.1 Å². The molecule has 19 heavy (non-hydrogen) atoms. The first-order valence-electron chi connectivity index (χ1n) is 6.57. The Labute approximate surface area is 116 Å². The number of carbonyl (C=O) groups excluding carboxylic acids is 2. The maximum atomic E-state index is 12.5. The molecule has 0 spiro atoms. The van der Waals surface area contributed by atoms with Gasteiger partial charge in [0.05, 0.1) is 11.6 Å². The number of carbonyl (C=O) groups is 2. The molecular formula is C14H15ClN2O2. The molecule has 0 radical (unpaired) electrons. The van der Waals surface area contributed by atoms with Gasteiger partial charge in [-0.1, -0.05) is 24.4 Å². The Morgan fingerprint density at radius 3 is 2.53 bits per heavy atom. The average molecular weight is 279 g/mol. The molecule has 0 bridgehead atoms. The number of halogens is 1.